The van der Waals surface area contributed by atoms with Crippen LogP contribution in [0.3, 0.4) is 0 Å². The van der Waals surface area contributed by atoms with Crippen LogP contribution in [0.1, 0.15) is 65.9 Å². The molecule has 1 fully saturated rings. The van der Waals surface area contributed by atoms with Crippen LogP contribution >= 0.6 is 12.2 Å². The zero-order chi connectivity index (χ0) is 31.1. The Morgan fingerprint density at radius 1 is 1.02 bits per heavy atom. The average Bonchev–Trinajstić information content (AvgIpc) is 3.47. The van der Waals surface area contributed by atoms with Crippen LogP contribution in [0.5, 0.6) is 5.75 Å². The summed E-state index contributed by atoms with van der Waals surface area (Å²) in [6.45, 7) is 9.65. The lowest BCUT2D eigenvalue weighted by atomic mass is 9.95. The Kier molecular flexibility index (Phi) is 7.98. The predicted octanol–water partition coefficient (Wildman–Crippen LogP) is 6.36. The summed E-state index contributed by atoms with van der Waals surface area (Å²) in [5, 5.41) is 16.4. The fourth-order valence-corrected chi connectivity index (χ4v) is 5.78. The molecule has 0 unspecified atom stereocenters. The number of aryl methyl sites for hydroxylation is 1. The second-order valence-electron chi connectivity index (χ2n) is 11.6. The average molecular weight is 598 g/mol. The van der Waals surface area contributed by atoms with Crippen molar-refractivity contribution < 1.29 is 19.4 Å². The van der Waals surface area contributed by atoms with E-state index >= 15 is 0 Å². The van der Waals surface area contributed by atoms with E-state index in [9.17, 15) is 14.7 Å². The van der Waals surface area contributed by atoms with Gasteiger partial charge in [-0.25, -0.2) is 4.79 Å². The van der Waals surface area contributed by atoms with Gasteiger partial charge in [0.25, 0.3) is 0 Å². The number of nitrogens with zero attached hydrogens (tertiary/aromatic N) is 3. The van der Waals surface area contributed by atoms with Crippen LogP contribution in [-0.2, 0) is 4.79 Å². The lowest BCUT2D eigenvalue weighted by Crippen LogP contribution is -2.30. The lowest BCUT2D eigenvalue weighted by molar-refractivity contribution is -0.123. The number of carbonyl (C=O) groups is 2. The van der Waals surface area contributed by atoms with E-state index in [4.69, 9.17) is 17.0 Å². The summed E-state index contributed by atoms with van der Waals surface area (Å²) in [5.74, 6) is -0.567. The molecule has 10 heteroatoms. The second-order valence-corrected chi connectivity index (χ2v) is 12.0. The largest absolute Gasteiger partial charge is 0.494 e. The monoisotopic (exact) mass is 597 g/mol. The molecule has 0 saturated carbocycles. The van der Waals surface area contributed by atoms with E-state index in [0.717, 1.165) is 34.0 Å². The second kappa shape index (κ2) is 11.5. The van der Waals surface area contributed by atoms with Gasteiger partial charge < -0.3 is 29.9 Å². The van der Waals surface area contributed by atoms with E-state index in [2.05, 4.69) is 31.2 Å². The predicted molar refractivity (Wildman–Crippen MR) is 171 cm³/mol. The molecule has 3 N–H and O–H groups in total. The number of methoxy groups -OCH3 is 1. The number of nitrogens with one attached hydrogen (secondary N) is 2. The molecule has 5 rings (SSSR count). The van der Waals surface area contributed by atoms with Gasteiger partial charge >= 0.3 is 5.97 Å². The van der Waals surface area contributed by atoms with Crippen LogP contribution in [0.4, 0.5) is 11.4 Å². The topological polar surface area (TPSA) is 109 Å². The number of amides is 1. The highest BCUT2D eigenvalue weighted by atomic mass is 32.1. The van der Waals surface area contributed by atoms with Gasteiger partial charge in [-0.15, -0.1) is 0 Å². The molecule has 222 valence electrons. The number of benzene rings is 2. The maximum Gasteiger partial charge on any atom is 0.335 e. The minimum absolute atomic E-state index is 0.117. The molecule has 1 aliphatic rings. The molecule has 0 aliphatic carbocycles. The van der Waals surface area contributed by atoms with E-state index < -0.39 is 11.4 Å². The lowest BCUT2D eigenvalue weighted by Gasteiger charge is -2.29. The standard InChI is InChI=1S/C33H35N5O4S/c1-19-17-24(20(2)37(19)22-12-10-21(11-13-22)30(39)40)29-28(26-9-7-8-16-34-26)36-32(43)38(29)23-14-15-25(27(18-23)42-6)35-31(41)33(3,4)5/h7-18,28-29H,1-6H3,(H,35,41)(H,36,43)(H,39,40)/t28-,29-/m0/s1. The van der Waals surface area contributed by atoms with Gasteiger partial charge in [-0.3, -0.25) is 9.78 Å². The third kappa shape index (κ3) is 5.70. The van der Waals surface area contributed by atoms with Crippen LogP contribution in [0.15, 0.2) is 72.9 Å². The molecule has 0 radical (unpaired) electrons. The Hall–Kier alpha value is -4.70. The molecule has 4 aromatic rings. The molecule has 0 bridgehead atoms. The first-order valence-electron chi connectivity index (χ1n) is 13.9. The van der Waals surface area contributed by atoms with Gasteiger partial charge in [-0.2, -0.15) is 0 Å². The van der Waals surface area contributed by atoms with Crippen LogP contribution in [-0.4, -0.2) is 38.8 Å². The first-order valence-corrected chi connectivity index (χ1v) is 14.3. The van der Waals surface area contributed by atoms with Crippen LogP contribution in [0, 0.1) is 19.3 Å². The van der Waals surface area contributed by atoms with Crippen molar-refractivity contribution in [2.75, 3.05) is 17.3 Å². The number of ether oxygens (including phenoxy) is 1. The quantitative estimate of drug-likeness (QED) is 0.211. The molecular weight excluding hydrogens is 562 g/mol. The highest BCUT2D eigenvalue weighted by molar-refractivity contribution is 7.80. The van der Waals surface area contributed by atoms with Crippen molar-refractivity contribution in [1.82, 2.24) is 14.9 Å². The van der Waals surface area contributed by atoms with E-state index in [1.54, 1.807) is 25.4 Å². The van der Waals surface area contributed by atoms with Gasteiger partial charge in [0.2, 0.25) is 5.91 Å². The number of anilines is 2. The smallest absolute Gasteiger partial charge is 0.335 e. The molecule has 3 heterocycles. The molecule has 0 spiro atoms. The van der Waals surface area contributed by atoms with E-state index in [1.165, 1.54) is 0 Å². The fourth-order valence-electron chi connectivity index (χ4n) is 5.43. The van der Waals surface area contributed by atoms with Gasteiger partial charge in [0.05, 0.1) is 36.1 Å². The Morgan fingerprint density at radius 2 is 1.72 bits per heavy atom. The first-order chi connectivity index (χ1) is 20.4. The summed E-state index contributed by atoms with van der Waals surface area (Å²) in [7, 11) is 1.57. The van der Waals surface area contributed by atoms with E-state index in [-0.39, 0.29) is 23.6 Å². The number of carboxylic acids is 1. The van der Waals surface area contributed by atoms with Crippen LogP contribution < -0.4 is 20.3 Å². The summed E-state index contributed by atoms with van der Waals surface area (Å²) in [5.41, 5.74) is 5.75. The summed E-state index contributed by atoms with van der Waals surface area (Å²) < 4.78 is 7.83. The van der Waals surface area contributed by atoms with Crippen molar-refractivity contribution >= 4 is 40.6 Å². The summed E-state index contributed by atoms with van der Waals surface area (Å²) in [4.78, 5) is 30.9. The van der Waals surface area contributed by atoms with Crippen LogP contribution in [0.2, 0.25) is 0 Å². The van der Waals surface area contributed by atoms with Gasteiger partial charge in [-0.05, 0) is 86.2 Å². The Morgan fingerprint density at radius 3 is 2.33 bits per heavy atom. The molecule has 1 amide bonds. The Balaban J connectivity index is 1.61. The minimum atomic E-state index is -0.966. The highest BCUT2D eigenvalue weighted by Crippen LogP contribution is 2.45. The number of carboxylic acid groups (broad SMARTS) is 1. The molecule has 43 heavy (non-hydrogen) atoms. The summed E-state index contributed by atoms with van der Waals surface area (Å²) in [6.07, 6.45) is 1.77. The van der Waals surface area contributed by atoms with Crippen LogP contribution in [0.25, 0.3) is 5.69 Å². The number of hydrogen-bond acceptors (Lipinski definition) is 5. The fraction of sp³-hybridized carbons (Fsp3) is 0.273. The van der Waals surface area contributed by atoms with Crippen molar-refractivity contribution in [1.29, 1.82) is 0 Å². The van der Waals surface area contributed by atoms with Crippen molar-refractivity contribution in [3.05, 3.63) is 101 Å². The number of aromatic carboxylic acids is 1. The molecular formula is C33H35N5O4S. The SMILES string of the molecule is COc1cc(N2C(=S)N[C@@H](c3ccccn3)[C@@H]2c2cc(C)n(-c3ccc(C(=O)O)cc3)c2C)ccc1NC(=O)C(C)(C)C. The Labute approximate surface area is 256 Å². The summed E-state index contributed by atoms with van der Waals surface area (Å²) >= 11 is 5.94. The highest BCUT2D eigenvalue weighted by Gasteiger charge is 2.42. The number of thiocarbonyl (C=S) groups is 1. The van der Waals surface area contributed by atoms with Gasteiger partial charge in [-0.1, -0.05) is 26.8 Å². The van der Waals surface area contributed by atoms with Crippen molar-refractivity contribution in [2.45, 2.75) is 46.7 Å². The van der Waals surface area contributed by atoms with Gasteiger partial charge in [0.1, 0.15) is 5.75 Å². The van der Waals surface area contributed by atoms with Gasteiger partial charge in [0, 0.05) is 40.4 Å². The Bertz CT molecular complexity index is 1690. The van der Waals surface area contributed by atoms with Gasteiger partial charge in [0.15, 0.2) is 5.11 Å². The molecule has 1 aliphatic heterocycles. The minimum Gasteiger partial charge on any atom is -0.494 e. The zero-order valence-corrected chi connectivity index (χ0v) is 25.8. The molecule has 1 saturated heterocycles. The molecule has 9 nitrogen and oxygen atoms in total. The third-order valence-corrected chi connectivity index (χ3v) is 7.97. The molecule has 2 aromatic heterocycles. The molecule has 2 atom stereocenters. The van der Waals surface area contributed by atoms with Crippen molar-refractivity contribution in [3.63, 3.8) is 0 Å². The number of pyridine rings is 1. The maximum absolute atomic E-state index is 12.7. The molecule has 2 aromatic carbocycles. The number of carbonyl (C=O) groups excluding carboxylic acids is 1. The first kappa shape index (κ1) is 29.8. The van der Waals surface area contributed by atoms with Crippen molar-refractivity contribution in [3.8, 4) is 11.4 Å². The number of aromatic nitrogens is 2. The zero-order valence-electron chi connectivity index (χ0n) is 25.0. The maximum atomic E-state index is 12.7. The van der Waals surface area contributed by atoms with Crippen molar-refractivity contribution in [2.24, 2.45) is 5.41 Å². The van der Waals surface area contributed by atoms with E-state index in [0.29, 0.717) is 16.5 Å². The van der Waals surface area contributed by atoms with E-state index in [1.807, 2.05) is 83.1 Å². The number of hydrogen-bond donors (Lipinski definition) is 3. The summed E-state index contributed by atoms with van der Waals surface area (Å²) in [6, 6.07) is 19.9. The number of rotatable bonds is 7. The third-order valence-electron chi connectivity index (χ3n) is 7.65. The normalized spacial score (nSPS) is 16.6.